The number of amides is 1. The second-order valence-electron chi connectivity index (χ2n) is 5.11. The molecule has 3 rings (SSSR count). The molecule has 134 valence electrons. The molecule has 0 aliphatic carbocycles. The van der Waals surface area contributed by atoms with Crippen molar-refractivity contribution in [3.8, 4) is 5.69 Å². The Morgan fingerprint density at radius 3 is 2.50 bits per heavy atom. The average molecular weight is 379 g/mol. The van der Waals surface area contributed by atoms with E-state index >= 15 is 0 Å². The normalized spacial score (nSPS) is 11.3. The van der Waals surface area contributed by atoms with Crippen LogP contribution in [0.15, 0.2) is 60.3 Å². The van der Waals surface area contributed by atoms with Crippen LogP contribution in [0.1, 0.15) is 5.56 Å². The lowest BCUT2D eigenvalue weighted by molar-refractivity contribution is -0.137. The summed E-state index contributed by atoms with van der Waals surface area (Å²) < 4.78 is 39.0. The van der Waals surface area contributed by atoms with Gasteiger partial charge in [0, 0.05) is 11.9 Å². The van der Waals surface area contributed by atoms with Gasteiger partial charge in [0.15, 0.2) is 0 Å². The first kappa shape index (κ1) is 17.9. The number of halogens is 3. The number of carbonyl (C=O) groups excluding carboxylic acids is 1. The number of pyridine rings is 1. The van der Waals surface area contributed by atoms with Crippen LogP contribution in [-0.2, 0) is 11.0 Å². The van der Waals surface area contributed by atoms with E-state index < -0.39 is 11.7 Å². The van der Waals surface area contributed by atoms with E-state index in [1.807, 2.05) is 0 Å². The van der Waals surface area contributed by atoms with E-state index in [0.29, 0.717) is 10.7 Å². The Bertz CT molecular complexity index is 864. The van der Waals surface area contributed by atoms with Crippen LogP contribution in [0.25, 0.3) is 5.69 Å². The molecule has 0 bridgehead atoms. The summed E-state index contributed by atoms with van der Waals surface area (Å²) in [6.45, 7) is 0. The van der Waals surface area contributed by atoms with Crippen LogP contribution in [-0.4, -0.2) is 31.4 Å². The van der Waals surface area contributed by atoms with E-state index in [0.717, 1.165) is 29.7 Å². The Balaban J connectivity index is 1.52. The maximum absolute atomic E-state index is 12.5. The highest BCUT2D eigenvalue weighted by Gasteiger charge is 2.30. The molecule has 0 radical (unpaired) electrons. The third-order valence-corrected chi connectivity index (χ3v) is 4.19. The fourth-order valence-corrected chi connectivity index (χ4v) is 2.65. The first-order valence-electron chi connectivity index (χ1n) is 7.33. The summed E-state index contributed by atoms with van der Waals surface area (Å²) in [5.74, 6) is -0.256. The van der Waals surface area contributed by atoms with Gasteiger partial charge in [0.05, 0.1) is 22.0 Å². The number of aromatic nitrogens is 4. The third-order valence-electron chi connectivity index (χ3n) is 3.25. The molecule has 1 aromatic carbocycles. The zero-order valence-corrected chi connectivity index (χ0v) is 14.0. The van der Waals surface area contributed by atoms with Gasteiger partial charge in [-0.15, -0.1) is 0 Å². The van der Waals surface area contributed by atoms with Crippen molar-refractivity contribution in [2.45, 2.75) is 11.2 Å². The highest BCUT2D eigenvalue weighted by atomic mass is 32.2. The van der Waals surface area contributed by atoms with Gasteiger partial charge in [-0.2, -0.15) is 18.3 Å². The van der Waals surface area contributed by atoms with Crippen LogP contribution >= 0.6 is 11.8 Å². The summed E-state index contributed by atoms with van der Waals surface area (Å²) >= 11 is 1.06. The molecule has 0 unspecified atom stereocenters. The molecule has 1 N–H and O–H groups in total. The van der Waals surface area contributed by atoms with Gasteiger partial charge in [-0.3, -0.25) is 4.79 Å². The van der Waals surface area contributed by atoms with Gasteiger partial charge in [0.25, 0.3) is 0 Å². The van der Waals surface area contributed by atoms with E-state index in [1.165, 1.54) is 12.4 Å². The van der Waals surface area contributed by atoms with Crippen molar-refractivity contribution in [2.75, 3.05) is 11.1 Å². The molecule has 3 aromatic rings. The molecule has 26 heavy (non-hydrogen) atoms. The predicted octanol–water partition coefficient (Wildman–Crippen LogP) is 3.41. The Morgan fingerprint density at radius 2 is 1.92 bits per heavy atom. The number of rotatable bonds is 5. The van der Waals surface area contributed by atoms with Crippen LogP contribution in [0, 0.1) is 0 Å². The van der Waals surface area contributed by atoms with Crippen LogP contribution in [0.3, 0.4) is 0 Å². The number of nitrogens with one attached hydrogen (secondary N) is 1. The lowest BCUT2D eigenvalue weighted by atomic mass is 10.3. The zero-order chi connectivity index (χ0) is 18.6. The molecule has 0 fully saturated rings. The van der Waals surface area contributed by atoms with E-state index in [9.17, 15) is 18.0 Å². The minimum Gasteiger partial charge on any atom is -0.325 e. The average Bonchev–Trinajstić information content (AvgIpc) is 3.15. The lowest BCUT2D eigenvalue weighted by Gasteiger charge is -2.08. The van der Waals surface area contributed by atoms with Crippen molar-refractivity contribution in [1.82, 2.24) is 19.7 Å². The molecule has 0 atom stereocenters. The van der Waals surface area contributed by atoms with Gasteiger partial charge >= 0.3 is 6.18 Å². The van der Waals surface area contributed by atoms with E-state index in [-0.39, 0.29) is 11.7 Å². The van der Waals surface area contributed by atoms with Gasteiger partial charge in [0.1, 0.15) is 12.7 Å². The van der Waals surface area contributed by atoms with Crippen molar-refractivity contribution >= 4 is 23.4 Å². The largest absolute Gasteiger partial charge is 0.417 e. The van der Waals surface area contributed by atoms with Crippen LogP contribution in [0.5, 0.6) is 0 Å². The molecule has 1 amide bonds. The number of nitrogens with zero attached hydrogens (tertiary/aromatic N) is 4. The summed E-state index contributed by atoms with van der Waals surface area (Å²) in [4.78, 5) is 19.5. The summed E-state index contributed by atoms with van der Waals surface area (Å²) in [7, 11) is 0. The second kappa shape index (κ2) is 7.56. The predicted molar refractivity (Wildman–Crippen MR) is 90.0 cm³/mol. The van der Waals surface area contributed by atoms with Crippen molar-refractivity contribution in [3.05, 3.63) is 60.8 Å². The fourth-order valence-electron chi connectivity index (χ4n) is 2.01. The standard InChI is InChI=1S/C16H12F3N5OS/c17-16(18,19)11-1-6-15(21-7-11)26-8-14(25)23-12-2-4-13(5-3-12)24-10-20-9-22-24/h1-7,9-10H,8H2,(H,23,25). The molecule has 2 aromatic heterocycles. The molecule has 10 heteroatoms. The van der Waals surface area contributed by atoms with Crippen LogP contribution in [0.4, 0.5) is 18.9 Å². The Hall–Kier alpha value is -2.88. The molecule has 0 saturated carbocycles. The molecule has 0 spiro atoms. The number of anilines is 1. The van der Waals surface area contributed by atoms with Crippen molar-refractivity contribution in [3.63, 3.8) is 0 Å². The van der Waals surface area contributed by atoms with Gasteiger partial charge in [-0.05, 0) is 36.4 Å². The maximum Gasteiger partial charge on any atom is 0.417 e. The highest BCUT2D eigenvalue weighted by molar-refractivity contribution is 7.99. The number of hydrogen-bond donors (Lipinski definition) is 1. The van der Waals surface area contributed by atoms with Gasteiger partial charge in [-0.1, -0.05) is 11.8 Å². The molecular formula is C16H12F3N5OS. The topological polar surface area (TPSA) is 72.7 Å². The lowest BCUT2D eigenvalue weighted by Crippen LogP contribution is -2.14. The summed E-state index contributed by atoms with van der Waals surface area (Å²) in [5.41, 5.74) is 0.572. The maximum atomic E-state index is 12.5. The first-order chi connectivity index (χ1) is 12.4. The minimum atomic E-state index is -4.42. The molecular weight excluding hydrogens is 367 g/mol. The smallest absolute Gasteiger partial charge is 0.325 e. The van der Waals surface area contributed by atoms with Crippen molar-refractivity contribution in [1.29, 1.82) is 0 Å². The number of hydrogen-bond acceptors (Lipinski definition) is 5. The first-order valence-corrected chi connectivity index (χ1v) is 8.31. The Morgan fingerprint density at radius 1 is 1.15 bits per heavy atom. The minimum absolute atomic E-state index is 0.0309. The SMILES string of the molecule is O=C(CSc1ccc(C(F)(F)F)cn1)Nc1ccc(-n2cncn2)cc1. The molecule has 0 aliphatic heterocycles. The monoisotopic (exact) mass is 379 g/mol. The number of carbonyl (C=O) groups is 1. The Labute approximate surface area is 150 Å². The molecule has 0 aliphatic rings. The van der Waals surface area contributed by atoms with Gasteiger partial charge in [-0.25, -0.2) is 14.6 Å². The Kier molecular flexibility index (Phi) is 5.21. The van der Waals surface area contributed by atoms with Crippen molar-refractivity contribution in [2.24, 2.45) is 0 Å². The van der Waals surface area contributed by atoms with Crippen LogP contribution < -0.4 is 5.32 Å². The van der Waals surface area contributed by atoms with E-state index in [1.54, 1.807) is 35.3 Å². The second-order valence-corrected chi connectivity index (χ2v) is 6.10. The molecule has 0 saturated heterocycles. The summed E-state index contributed by atoms with van der Waals surface area (Å²) in [6, 6.07) is 9.17. The fraction of sp³-hybridized carbons (Fsp3) is 0.125. The van der Waals surface area contributed by atoms with E-state index in [4.69, 9.17) is 0 Å². The third kappa shape index (κ3) is 4.60. The number of alkyl halides is 3. The van der Waals surface area contributed by atoms with E-state index in [2.05, 4.69) is 20.4 Å². The highest BCUT2D eigenvalue weighted by Crippen LogP contribution is 2.29. The summed E-state index contributed by atoms with van der Waals surface area (Å²) in [6.07, 6.45) is -0.696. The van der Waals surface area contributed by atoms with Gasteiger partial charge in [0.2, 0.25) is 5.91 Å². The van der Waals surface area contributed by atoms with Crippen molar-refractivity contribution < 1.29 is 18.0 Å². The summed E-state index contributed by atoms with van der Waals surface area (Å²) in [5, 5.41) is 7.05. The molecule has 2 heterocycles. The number of benzene rings is 1. The molecule has 6 nitrogen and oxygen atoms in total. The van der Waals surface area contributed by atoms with Crippen LogP contribution in [0.2, 0.25) is 0 Å². The zero-order valence-electron chi connectivity index (χ0n) is 13.1. The quantitative estimate of drug-likeness (QED) is 0.688. The number of thioether (sulfide) groups is 1. The van der Waals surface area contributed by atoms with Gasteiger partial charge < -0.3 is 5.32 Å².